The van der Waals surface area contributed by atoms with Gasteiger partial charge < -0.3 is 0 Å². The molecule has 0 unspecified atom stereocenters. The third kappa shape index (κ3) is 2010. The summed E-state index contributed by atoms with van der Waals surface area (Å²) in [5, 5.41) is 0. The standard InChI is InChI=1S/C3H8.C2H2NO/c1-3-2;1-3-2-4/h3H2,1-2H3;1H2/q;+1. The van der Waals surface area contributed by atoms with Crippen LogP contribution in [0.15, 0.2) is 0 Å². The van der Waals surface area contributed by atoms with Crippen LogP contribution in [0.25, 0.3) is 0 Å². The van der Waals surface area contributed by atoms with Crippen LogP contribution in [0.5, 0.6) is 0 Å². The Morgan fingerprint density at radius 2 is 1.86 bits per heavy atom. The van der Waals surface area contributed by atoms with Crippen LogP contribution in [0.2, 0.25) is 0 Å². The summed E-state index contributed by atoms with van der Waals surface area (Å²) in [5.41, 5.74) is 0. The summed E-state index contributed by atoms with van der Waals surface area (Å²) in [7, 11) is 0. The Balaban J connectivity index is 0. The van der Waals surface area contributed by atoms with E-state index in [1.54, 1.807) is 0 Å². The van der Waals surface area contributed by atoms with E-state index >= 15 is 0 Å². The monoisotopic (exact) mass is 100 g/mol. The summed E-state index contributed by atoms with van der Waals surface area (Å²) in [6.45, 7) is 7.06. The second-order valence-corrected chi connectivity index (χ2v) is 0.957. The SMILES string of the molecule is C=[N+]=C=O.CCC. The van der Waals surface area contributed by atoms with Gasteiger partial charge in [-0.2, -0.15) is 0 Å². The molecule has 0 spiro atoms. The normalized spacial score (nSPS) is 4.29. The van der Waals surface area contributed by atoms with Gasteiger partial charge in [0.1, 0.15) is 0 Å². The highest BCUT2D eigenvalue weighted by molar-refractivity contribution is 5.38. The van der Waals surface area contributed by atoms with Crippen molar-refractivity contribution in [2.75, 3.05) is 0 Å². The molecule has 2 nitrogen and oxygen atoms in total. The predicted molar refractivity (Wildman–Crippen MR) is 30.9 cm³/mol. The molecule has 0 saturated heterocycles. The van der Waals surface area contributed by atoms with Crippen LogP contribution in [0.3, 0.4) is 0 Å². The van der Waals surface area contributed by atoms with Crippen LogP contribution in [-0.4, -0.2) is 12.8 Å². The largest absolute Gasteiger partial charge is 0.566 e. The molecule has 0 heterocycles. The number of hydrogen-bond donors (Lipinski definition) is 0. The van der Waals surface area contributed by atoms with E-state index in [1.807, 2.05) is 0 Å². The van der Waals surface area contributed by atoms with E-state index in [1.165, 1.54) is 12.5 Å². The summed E-state index contributed by atoms with van der Waals surface area (Å²) >= 11 is 0. The Labute approximate surface area is 43.6 Å². The second-order valence-electron chi connectivity index (χ2n) is 0.957. The summed E-state index contributed by atoms with van der Waals surface area (Å²) in [4.78, 5) is 8.82. The number of hydrogen-bond acceptors (Lipinski definition) is 1. The average Bonchev–Trinajstić information content (AvgIpc) is 1.69. The van der Waals surface area contributed by atoms with E-state index in [9.17, 15) is 0 Å². The van der Waals surface area contributed by atoms with E-state index in [4.69, 9.17) is 4.79 Å². The molecule has 0 bridgehead atoms. The molecule has 0 aromatic rings. The van der Waals surface area contributed by atoms with E-state index < -0.39 is 0 Å². The van der Waals surface area contributed by atoms with Gasteiger partial charge in [-0.15, -0.1) is 4.79 Å². The lowest BCUT2D eigenvalue weighted by Gasteiger charge is -1.48. The van der Waals surface area contributed by atoms with Crippen LogP contribution < -0.4 is 4.67 Å². The van der Waals surface area contributed by atoms with Gasteiger partial charge in [0.05, 0.1) is 0 Å². The fraction of sp³-hybridized carbons (Fsp3) is 0.600. The molecule has 0 amide bonds. The first-order valence-corrected chi connectivity index (χ1v) is 2.16. The molecule has 0 fully saturated rings. The minimum Gasteiger partial charge on any atom is -0.145 e. The topological polar surface area (TPSA) is 31.2 Å². The van der Waals surface area contributed by atoms with Gasteiger partial charge >= 0.3 is 6.08 Å². The van der Waals surface area contributed by atoms with Crippen LogP contribution in [-0.2, 0) is 4.79 Å². The maximum atomic E-state index is 8.82. The maximum absolute atomic E-state index is 8.82. The second kappa shape index (κ2) is 19.1. The van der Waals surface area contributed by atoms with Crippen molar-refractivity contribution in [2.24, 2.45) is 0 Å². The molecule has 2 heteroatoms. The van der Waals surface area contributed by atoms with Crippen LogP contribution in [0.1, 0.15) is 20.3 Å². The molecule has 40 valence electrons. The number of carbonyl (C=O) groups excluding carboxylic acids is 1. The Morgan fingerprint density at radius 3 is 1.86 bits per heavy atom. The van der Waals surface area contributed by atoms with E-state index in [0.29, 0.717) is 0 Å². The summed E-state index contributed by atoms with van der Waals surface area (Å²) < 4.78 is 2.68. The summed E-state index contributed by atoms with van der Waals surface area (Å²) in [6, 6.07) is 0. The molecular formula is C5H10NO+. The van der Waals surface area contributed by atoms with Gasteiger partial charge in [-0.05, 0) is 4.67 Å². The predicted octanol–water partition coefficient (Wildman–Crippen LogP) is 0.506. The lowest BCUT2D eigenvalue weighted by Crippen LogP contribution is -1.49. The third-order valence-corrected chi connectivity index (χ3v) is 0.0645. The van der Waals surface area contributed by atoms with Gasteiger partial charge in [-0.3, -0.25) is 0 Å². The van der Waals surface area contributed by atoms with Crippen molar-refractivity contribution in [1.29, 1.82) is 0 Å². The number of isocyanates is 1. The number of rotatable bonds is 0. The van der Waals surface area contributed by atoms with Gasteiger partial charge in [-0.25, -0.2) is 0 Å². The summed E-state index contributed by atoms with van der Waals surface area (Å²) in [5.74, 6) is 0. The van der Waals surface area contributed by atoms with Gasteiger partial charge in [0.25, 0.3) is 6.72 Å². The zero-order valence-corrected chi connectivity index (χ0v) is 4.77. The Kier molecular flexibility index (Phi) is 25.9. The first kappa shape index (κ1) is 9.48. The van der Waals surface area contributed by atoms with Gasteiger partial charge in [0.15, 0.2) is 0 Å². The van der Waals surface area contributed by atoms with Crippen molar-refractivity contribution in [3.8, 4) is 0 Å². The van der Waals surface area contributed by atoms with Crippen LogP contribution in [0, 0.1) is 0 Å². The zero-order chi connectivity index (χ0) is 6.12. The quantitative estimate of drug-likeness (QED) is 0.248. The molecule has 0 aromatic heterocycles. The Morgan fingerprint density at radius 1 is 1.71 bits per heavy atom. The molecule has 0 saturated carbocycles. The fourth-order valence-electron chi connectivity index (χ4n) is 0. The first-order valence-electron chi connectivity index (χ1n) is 2.16. The minimum atomic E-state index is 1.19. The van der Waals surface area contributed by atoms with Crippen molar-refractivity contribution in [3.63, 3.8) is 0 Å². The maximum Gasteiger partial charge on any atom is 0.566 e. The minimum absolute atomic E-state index is 1.19. The van der Waals surface area contributed by atoms with Crippen molar-refractivity contribution >= 4 is 12.8 Å². The smallest absolute Gasteiger partial charge is 0.145 e. The highest BCUT2D eigenvalue weighted by atomic mass is 16.1. The number of nitrogens with zero attached hydrogens (tertiary/aromatic N) is 1. The molecule has 0 aliphatic rings. The molecule has 0 aliphatic carbocycles. The third-order valence-electron chi connectivity index (χ3n) is 0.0645. The summed E-state index contributed by atoms with van der Waals surface area (Å²) in [6.07, 6.45) is 2.44. The molecule has 0 aromatic carbocycles. The molecule has 7 heavy (non-hydrogen) atoms. The lowest BCUT2D eigenvalue weighted by atomic mass is 10.6. The van der Waals surface area contributed by atoms with Crippen molar-refractivity contribution in [3.05, 3.63) is 0 Å². The van der Waals surface area contributed by atoms with E-state index in [-0.39, 0.29) is 0 Å². The molecule has 0 rings (SSSR count). The van der Waals surface area contributed by atoms with Crippen molar-refractivity contribution < 1.29 is 4.79 Å². The molecule has 0 N–H and O–H groups in total. The van der Waals surface area contributed by atoms with Crippen LogP contribution in [0.4, 0.5) is 0 Å². The molecular weight excluding hydrogens is 90.1 g/mol. The van der Waals surface area contributed by atoms with Gasteiger partial charge in [0, 0.05) is 0 Å². The first-order chi connectivity index (χ1) is 3.33. The van der Waals surface area contributed by atoms with Crippen molar-refractivity contribution in [1.82, 2.24) is 4.67 Å². The fourth-order valence-corrected chi connectivity index (χ4v) is 0. The zero-order valence-electron chi connectivity index (χ0n) is 4.77. The lowest BCUT2D eigenvalue weighted by molar-refractivity contribution is 0.565. The highest BCUT2D eigenvalue weighted by Gasteiger charge is 1.41. The highest BCUT2D eigenvalue weighted by Crippen LogP contribution is 1.56. The molecule has 0 aliphatic heterocycles. The molecule has 0 radical (unpaired) electrons. The van der Waals surface area contributed by atoms with Crippen LogP contribution >= 0.6 is 0 Å². The Hall–Kier alpha value is -0.840. The average molecular weight is 100 g/mol. The van der Waals surface area contributed by atoms with Gasteiger partial charge in [-0.1, -0.05) is 20.3 Å². The van der Waals surface area contributed by atoms with E-state index in [2.05, 4.69) is 25.2 Å². The van der Waals surface area contributed by atoms with Crippen molar-refractivity contribution in [2.45, 2.75) is 20.3 Å². The van der Waals surface area contributed by atoms with E-state index in [0.717, 1.165) is 0 Å². The van der Waals surface area contributed by atoms with Gasteiger partial charge in [0.2, 0.25) is 0 Å². The Bertz CT molecular complexity index is 68.1. The molecule has 0 atom stereocenters.